The summed E-state index contributed by atoms with van der Waals surface area (Å²) in [6, 6.07) is 11.6. The number of sulfonamides is 1. The van der Waals surface area contributed by atoms with Gasteiger partial charge in [0, 0.05) is 12.6 Å². The number of rotatable bonds is 6. The number of amides is 1. The highest BCUT2D eigenvalue weighted by molar-refractivity contribution is 7.88. The third-order valence-electron chi connectivity index (χ3n) is 6.86. The molecule has 10 heteroatoms. The molecule has 2 atom stereocenters. The summed E-state index contributed by atoms with van der Waals surface area (Å²) in [6.07, 6.45) is -3.47. The molecule has 1 heterocycles. The van der Waals surface area contributed by atoms with Crippen LogP contribution in [0.1, 0.15) is 31.2 Å². The maximum atomic E-state index is 13.9. The van der Waals surface area contributed by atoms with E-state index < -0.39 is 45.4 Å². The lowest BCUT2D eigenvalue weighted by Crippen LogP contribution is -2.58. The SMILES string of the molecule is CS(=O)(=O)N[C@H]1CCN(C(=O)C2(C(F)(F)F)CCC2)[C@H]1Cc1cccc(-c2cccc(F)c2)c1. The highest BCUT2D eigenvalue weighted by Gasteiger charge is 2.65. The molecule has 34 heavy (non-hydrogen) atoms. The van der Waals surface area contributed by atoms with E-state index in [0.717, 1.165) is 6.26 Å². The summed E-state index contributed by atoms with van der Waals surface area (Å²) in [5, 5.41) is 0. The lowest BCUT2D eigenvalue weighted by Gasteiger charge is -2.45. The zero-order chi connectivity index (χ0) is 24.7. The van der Waals surface area contributed by atoms with Gasteiger partial charge in [-0.05, 0) is 54.5 Å². The first-order chi connectivity index (χ1) is 15.9. The summed E-state index contributed by atoms with van der Waals surface area (Å²) in [5.41, 5.74) is -0.334. The molecule has 5 nitrogen and oxygen atoms in total. The van der Waals surface area contributed by atoms with E-state index in [1.807, 2.05) is 0 Å². The van der Waals surface area contributed by atoms with Crippen molar-refractivity contribution in [3.8, 4) is 11.1 Å². The van der Waals surface area contributed by atoms with E-state index in [1.165, 1.54) is 17.0 Å². The number of carbonyl (C=O) groups is 1. The third-order valence-corrected chi connectivity index (χ3v) is 7.59. The molecule has 0 unspecified atom stereocenters. The van der Waals surface area contributed by atoms with Crippen molar-refractivity contribution in [1.82, 2.24) is 9.62 Å². The fraction of sp³-hybridized carbons (Fsp3) is 0.458. The van der Waals surface area contributed by atoms with Crippen LogP contribution in [0, 0.1) is 11.2 Å². The van der Waals surface area contributed by atoms with Crippen molar-refractivity contribution in [1.29, 1.82) is 0 Å². The van der Waals surface area contributed by atoms with Crippen molar-refractivity contribution in [2.24, 2.45) is 5.41 Å². The molecule has 4 rings (SSSR count). The quantitative estimate of drug-likeness (QED) is 0.605. The lowest BCUT2D eigenvalue weighted by molar-refractivity contribution is -0.248. The first-order valence-electron chi connectivity index (χ1n) is 11.1. The minimum absolute atomic E-state index is 0.0398. The average molecular weight is 499 g/mol. The molecule has 0 bridgehead atoms. The molecule has 1 saturated heterocycles. The van der Waals surface area contributed by atoms with E-state index in [2.05, 4.69) is 4.72 Å². The Bertz CT molecular complexity index is 1180. The average Bonchev–Trinajstić information content (AvgIpc) is 3.06. The number of halogens is 4. The molecule has 0 spiro atoms. The van der Waals surface area contributed by atoms with Gasteiger partial charge in [-0.2, -0.15) is 13.2 Å². The number of likely N-dealkylation sites (tertiary alicyclic amines) is 1. The molecule has 1 aliphatic heterocycles. The summed E-state index contributed by atoms with van der Waals surface area (Å²) in [6.45, 7) is 0.0398. The molecule has 184 valence electrons. The van der Waals surface area contributed by atoms with Crippen molar-refractivity contribution in [2.75, 3.05) is 12.8 Å². The Morgan fingerprint density at radius 3 is 2.32 bits per heavy atom. The monoisotopic (exact) mass is 498 g/mol. The zero-order valence-corrected chi connectivity index (χ0v) is 19.4. The summed E-state index contributed by atoms with van der Waals surface area (Å²) in [4.78, 5) is 14.4. The van der Waals surface area contributed by atoms with Crippen LogP contribution in [0.2, 0.25) is 0 Å². The molecular formula is C24H26F4N2O3S. The van der Waals surface area contributed by atoms with Gasteiger partial charge in [0.2, 0.25) is 15.9 Å². The second kappa shape index (κ2) is 8.96. The molecule has 1 saturated carbocycles. The number of alkyl halides is 3. The molecule has 2 fully saturated rings. The third kappa shape index (κ3) is 4.84. The highest BCUT2D eigenvalue weighted by Crippen LogP contribution is 2.54. The normalized spacial score (nSPS) is 22.4. The van der Waals surface area contributed by atoms with Crippen LogP contribution in [0.15, 0.2) is 48.5 Å². The predicted molar refractivity (Wildman–Crippen MR) is 120 cm³/mol. The van der Waals surface area contributed by atoms with Crippen LogP contribution in [0.5, 0.6) is 0 Å². The van der Waals surface area contributed by atoms with Gasteiger partial charge in [-0.1, -0.05) is 42.8 Å². The second-order valence-electron chi connectivity index (χ2n) is 9.20. The van der Waals surface area contributed by atoms with Crippen molar-refractivity contribution in [3.63, 3.8) is 0 Å². The van der Waals surface area contributed by atoms with Crippen molar-refractivity contribution in [3.05, 3.63) is 59.9 Å². The van der Waals surface area contributed by atoms with E-state index >= 15 is 0 Å². The number of nitrogens with zero attached hydrogens (tertiary/aromatic N) is 1. The molecular weight excluding hydrogens is 472 g/mol. The maximum Gasteiger partial charge on any atom is 0.403 e. The summed E-state index contributed by atoms with van der Waals surface area (Å²) < 4.78 is 81.6. The van der Waals surface area contributed by atoms with Crippen molar-refractivity contribution < 1.29 is 30.8 Å². The number of benzene rings is 2. The number of carbonyl (C=O) groups excluding carboxylic acids is 1. The molecule has 0 aromatic heterocycles. The molecule has 0 radical (unpaired) electrons. The minimum Gasteiger partial charge on any atom is -0.337 e. The molecule has 1 aliphatic carbocycles. The first kappa shape index (κ1) is 24.7. The Balaban J connectivity index is 1.65. The fourth-order valence-electron chi connectivity index (χ4n) is 4.98. The van der Waals surface area contributed by atoms with Crippen LogP contribution < -0.4 is 4.72 Å². The van der Waals surface area contributed by atoms with E-state index in [0.29, 0.717) is 23.1 Å². The van der Waals surface area contributed by atoms with Crippen LogP contribution in [-0.4, -0.2) is 50.3 Å². The Morgan fingerprint density at radius 2 is 1.76 bits per heavy atom. The van der Waals surface area contributed by atoms with Crippen molar-refractivity contribution in [2.45, 2.75) is 50.4 Å². The Kier molecular flexibility index (Phi) is 6.50. The van der Waals surface area contributed by atoms with Crippen LogP contribution in [0.25, 0.3) is 11.1 Å². The molecule has 2 aliphatic rings. The van der Waals surface area contributed by atoms with E-state index in [9.17, 15) is 30.8 Å². The van der Waals surface area contributed by atoms with Crippen LogP contribution in [-0.2, 0) is 21.2 Å². The zero-order valence-electron chi connectivity index (χ0n) is 18.6. The maximum absolute atomic E-state index is 13.9. The molecule has 1 amide bonds. The topological polar surface area (TPSA) is 66.5 Å². The Hall–Kier alpha value is -2.46. The number of nitrogens with one attached hydrogen (secondary N) is 1. The van der Waals surface area contributed by atoms with Gasteiger partial charge in [0.1, 0.15) is 11.2 Å². The largest absolute Gasteiger partial charge is 0.403 e. The summed E-state index contributed by atoms with van der Waals surface area (Å²) >= 11 is 0. The van der Waals surface area contributed by atoms with Gasteiger partial charge in [-0.25, -0.2) is 17.5 Å². The van der Waals surface area contributed by atoms with Crippen LogP contribution >= 0.6 is 0 Å². The fourth-order valence-corrected chi connectivity index (χ4v) is 5.81. The summed E-state index contributed by atoms with van der Waals surface area (Å²) in [5.74, 6) is -1.37. The molecule has 1 N–H and O–H groups in total. The standard InChI is InChI=1S/C24H26F4N2O3S/c1-34(32,33)29-20-9-12-30(22(31)23(10-4-11-23)24(26,27)28)21(20)14-16-5-2-6-17(13-16)18-7-3-8-19(25)15-18/h2-3,5-8,13,15,20-21,29H,4,9-12,14H2,1H3/t20-,21-/m0/s1. The van der Waals surface area contributed by atoms with Gasteiger partial charge >= 0.3 is 6.18 Å². The first-order valence-corrected chi connectivity index (χ1v) is 13.0. The van der Waals surface area contributed by atoms with Gasteiger partial charge in [0.05, 0.1) is 12.3 Å². The van der Waals surface area contributed by atoms with Gasteiger partial charge in [0.25, 0.3) is 0 Å². The number of hydrogen-bond acceptors (Lipinski definition) is 3. The summed E-state index contributed by atoms with van der Waals surface area (Å²) in [7, 11) is -3.65. The van der Waals surface area contributed by atoms with E-state index in [1.54, 1.807) is 36.4 Å². The highest BCUT2D eigenvalue weighted by atomic mass is 32.2. The Morgan fingerprint density at radius 1 is 1.12 bits per heavy atom. The molecule has 2 aromatic carbocycles. The van der Waals surface area contributed by atoms with Gasteiger partial charge in [0.15, 0.2) is 0 Å². The van der Waals surface area contributed by atoms with E-state index in [-0.39, 0.29) is 32.2 Å². The smallest absolute Gasteiger partial charge is 0.337 e. The second-order valence-corrected chi connectivity index (χ2v) is 11.0. The lowest BCUT2D eigenvalue weighted by atomic mass is 9.67. The molecule has 2 aromatic rings. The predicted octanol–water partition coefficient (Wildman–Crippen LogP) is 4.29. The van der Waals surface area contributed by atoms with Gasteiger partial charge < -0.3 is 4.90 Å². The van der Waals surface area contributed by atoms with Crippen molar-refractivity contribution >= 4 is 15.9 Å². The van der Waals surface area contributed by atoms with Gasteiger partial charge in [-0.3, -0.25) is 4.79 Å². The van der Waals surface area contributed by atoms with E-state index in [4.69, 9.17) is 0 Å². The minimum atomic E-state index is -4.66. The van der Waals surface area contributed by atoms with Gasteiger partial charge in [-0.15, -0.1) is 0 Å². The Labute approximate surface area is 196 Å². The number of hydrogen-bond donors (Lipinski definition) is 1. The van der Waals surface area contributed by atoms with Crippen LogP contribution in [0.4, 0.5) is 17.6 Å². The van der Waals surface area contributed by atoms with Crippen LogP contribution in [0.3, 0.4) is 0 Å².